The van der Waals surface area contributed by atoms with E-state index in [1.807, 2.05) is 61.5 Å². The molecule has 1 aromatic heterocycles. The SMILES string of the molecule is Cc1ccccc1-c1nn(-c2ccccc2)cc1C(=O)NCc1ccc(C(=O)NCC(N)=O)cc1. The molecule has 0 aliphatic rings. The zero-order valence-corrected chi connectivity index (χ0v) is 19.2. The number of hydrogen-bond acceptors (Lipinski definition) is 4. The van der Waals surface area contributed by atoms with Gasteiger partial charge in [0.05, 0.1) is 17.8 Å². The van der Waals surface area contributed by atoms with Crippen molar-refractivity contribution in [3.63, 3.8) is 0 Å². The van der Waals surface area contributed by atoms with Gasteiger partial charge in [-0.1, -0.05) is 54.6 Å². The van der Waals surface area contributed by atoms with Crippen LogP contribution < -0.4 is 16.4 Å². The molecule has 8 heteroatoms. The van der Waals surface area contributed by atoms with E-state index in [1.165, 1.54) is 0 Å². The van der Waals surface area contributed by atoms with E-state index in [-0.39, 0.29) is 19.0 Å². The first kappa shape index (κ1) is 23.4. The van der Waals surface area contributed by atoms with Crippen molar-refractivity contribution in [2.45, 2.75) is 13.5 Å². The maximum Gasteiger partial charge on any atom is 0.255 e. The molecule has 0 radical (unpaired) electrons. The number of nitrogens with zero attached hydrogens (tertiary/aromatic N) is 2. The third kappa shape index (κ3) is 5.62. The molecule has 0 fully saturated rings. The maximum atomic E-state index is 13.2. The number of primary amides is 1. The van der Waals surface area contributed by atoms with Gasteiger partial charge >= 0.3 is 0 Å². The Kier molecular flexibility index (Phi) is 7.02. The van der Waals surface area contributed by atoms with E-state index in [0.29, 0.717) is 16.8 Å². The third-order valence-corrected chi connectivity index (χ3v) is 5.47. The fraction of sp³-hybridized carbons (Fsp3) is 0.111. The topological polar surface area (TPSA) is 119 Å². The lowest BCUT2D eigenvalue weighted by molar-refractivity contribution is -0.117. The van der Waals surface area contributed by atoms with Crippen LogP contribution in [0.5, 0.6) is 0 Å². The van der Waals surface area contributed by atoms with E-state index in [1.54, 1.807) is 35.1 Å². The van der Waals surface area contributed by atoms with E-state index >= 15 is 0 Å². The second-order valence-corrected chi connectivity index (χ2v) is 8.02. The van der Waals surface area contributed by atoms with E-state index < -0.39 is 11.8 Å². The summed E-state index contributed by atoms with van der Waals surface area (Å²) in [6, 6.07) is 24.2. The predicted octanol–water partition coefficient (Wildman–Crippen LogP) is 2.99. The molecule has 0 saturated heterocycles. The van der Waals surface area contributed by atoms with Crippen LogP contribution in [0.1, 0.15) is 31.8 Å². The number of rotatable bonds is 8. The molecule has 1 heterocycles. The Morgan fingerprint density at radius 3 is 2.23 bits per heavy atom. The first-order valence-corrected chi connectivity index (χ1v) is 11.1. The molecule has 3 amide bonds. The van der Waals surface area contributed by atoms with Gasteiger partial charge in [-0.3, -0.25) is 14.4 Å². The van der Waals surface area contributed by atoms with Crippen LogP contribution in [-0.4, -0.2) is 34.0 Å². The number of carbonyl (C=O) groups excluding carboxylic acids is 3. The normalized spacial score (nSPS) is 10.5. The minimum absolute atomic E-state index is 0.226. The molecule has 4 N–H and O–H groups in total. The molecular weight excluding hydrogens is 442 g/mol. The molecular formula is C27H25N5O3. The van der Waals surface area contributed by atoms with Crippen molar-refractivity contribution in [2.75, 3.05) is 6.54 Å². The Labute approximate surface area is 202 Å². The summed E-state index contributed by atoms with van der Waals surface area (Å²) in [5, 5.41) is 10.1. The summed E-state index contributed by atoms with van der Waals surface area (Å²) < 4.78 is 1.70. The van der Waals surface area contributed by atoms with E-state index in [2.05, 4.69) is 10.6 Å². The molecule has 3 aromatic carbocycles. The van der Waals surface area contributed by atoms with E-state index in [4.69, 9.17) is 10.8 Å². The molecule has 0 aliphatic carbocycles. The number of para-hydroxylation sites is 1. The van der Waals surface area contributed by atoms with Gasteiger partial charge in [0.2, 0.25) is 5.91 Å². The highest BCUT2D eigenvalue weighted by Gasteiger charge is 2.19. The third-order valence-electron chi connectivity index (χ3n) is 5.47. The molecule has 4 aromatic rings. The minimum Gasteiger partial charge on any atom is -0.368 e. The molecule has 0 saturated carbocycles. The summed E-state index contributed by atoms with van der Waals surface area (Å²) in [6.07, 6.45) is 1.73. The maximum absolute atomic E-state index is 13.2. The minimum atomic E-state index is -0.613. The van der Waals surface area contributed by atoms with Gasteiger partial charge in [-0.05, 0) is 42.3 Å². The molecule has 176 valence electrons. The molecule has 8 nitrogen and oxygen atoms in total. The van der Waals surface area contributed by atoms with Gasteiger partial charge < -0.3 is 16.4 Å². The molecule has 0 bridgehead atoms. The van der Waals surface area contributed by atoms with Gasteiger partial charge in [0.1, 0.15) is 5.69 Å². The number of aromatic nitrogens is 2. The van der Waals surface area contributed by atoms with Crippen molar-refractivity contribution < 1.29 is 14.4 Å². The van der Waals surface area contributed by atoms with Gasteiger partial charge in [0.15, 0.2) is 0 Å². The van der Waals surface area contributed by atoms with Crippen molar-refractivity contribution in [2.24, 2.45) is 5.73 Å². The highest BCUT2D eigenvalue weighted by molar-refractivity contribution is 6.00. The van der Waals surface area contributed by atoms with Gasteiger partial charge in [-0.2, -0.15) is 5.10 Å². The quantitative estimate of drug-likeness (QED) is 0.369. The summed E-state index contributed by atoms with van der Waals surface area (Å²) in [4.78, 5) is 36.1. The highest BCUT2D eigenvalue weighted by atomic mass is 16.2. The zero-order valence-electron chi connectivity index (χ0n) is 19.2. The van der Waals surface area contributed by atoms with Crippen LogP contribution in [0.3, 0.4) is 0 Å². The predicted molar refractivity (Wildman–Crippen MR) is 133 cm³/mol. The second kappa shape index (κ2) is 10.5. The Bertz CT molecular complexity index is 1360. The van der Waals surface area contributed by atoms with Crippen LogP contribution in [-0.2, 0) is 11.3 Å². The number of aryl methyl sites for hydroxylation is 1. The lowest BCUT2D eigenvalue weighted by Crippen LogP contribution is -2.33. The van der Waals surface area contributed by atoms with E-state index in [0.717, 1.165) is 22.4 Å². The summed E-state index contributed by atoms with van der Waals surface area (Å²) in [5.74, 6) is -1.26. The average Bonchev–Trinajstić information content (AvgIpc) is 3.32. The van der Waals surface area contributed by atoms with Crippen LogP contribution in [0.25, 0.3) is 16.9 Å². The average molecular weight is 468 g/mol. The van der Waals surface area contributed by atoms with Crippen molar-refractivity contribution in [3.05, 3.63) is 107 Å². The summed E-state index contributed by atoms with van der Waals surface area (Å²) in [5.41, 5.74) is 10.1. The summed E-state index contributed by atoms with van der Waals surface area (Å²) in [6.45, 7) is 2.03. The van der Waals surface area contributed by atoms with Crippen LogP contribution in [0, 0.1) is 6.92 Å². The van der Waals surface area contributed by atoms with Crippen LogP contribution in [0.4, 0.5) is 0 Å². The monoisotopic (exact) mass is 467 g/mol. The van der Waals surface area contributed by atoms with Gasteiger partial charge in [0.25, 0.3) is 11.8 Å². The number of nitrogens with one attached hydrogen (secondary N) is 2. The number of hydrogen-bond donors (Lipinski definition) is 3. The molecule has 0 atom stereocenters. The smallest absolute Gasteiger partial charge is 0.255 e. The van der Waals surface area contributed by atoms with E-state index in [9.17, 15) is 14.4 Å². The molecule has 35 heavy (non-hydrogen) atoms. The Morgan fingerprint density at radius 1 is 0.857 bits per heavy atom. The van der Waals surface area contributed by atoms with Crippen molar-refractivity contribution in [3.8, 4) is 16.9 Å². The van der Waals surface area contributed by atoms with Crippen molar-refractivity contribution in [1.29, 1.82) is 0 Å². The zero-order chi connectivity index (χ0) is 24.8. The van der Waals surface area contributed by atoms with Gasteiger partial charge in [0, 0.05) is 23.9 Å². The molecule has 0 aliphatic heterocycles. The molecule has 0 spiro atoms. The lowest BCUT2D eigenvalue weighted by atomic mass is 10.0. The fourth-order valence-electron chi connectivity index (χ4n) is 3.61. The number of amides is 3. The summed E-state index contributed by atoms with van der Waals surface area (Å²) in [7, 11) is 0. The van der Waals surface area contributed by atoms with Gasteiger partial charge in [-0.15, -0.1) is 0 Å². The largest absolute Gasteiger partial charge is 0.368 e. The van der Waals surface area contributed by atoms with Crippen molar-refractivity contribution in [1.82, 2.24) is 20.4 Å². The highest BCUT2D eigenvalue weighted by Crippen LogP contribution is 2.26. The Balaban J connectivity index is 1.53. The Hall–Kier alpha value is -4.72. The van der Waals surface area contributed by atoms with Crippen LogP contribution >= 0.6 is 0 Å². The summed E-state index contributed by atoms with van der Waals surface area (Å²) >= 11 is 0. The molecule has 4 rings (SSSR count). The Morgan fingerprint density at radius 2 is 1.54 bits per heavy atom. The second-order valence-electron chi connectivity index (χ2n) is 8.02. The van der Waals surface area contributed by atoms with Crippen LogP contribution in [0.15, 0.2) is 85.1 Å². The number of nitrogens with two attached hydrogens (primary N) is 1. The first-order chi connectivity index (χ1) is 16.9. The van der Waals surface area contributed by atoms with Gasteiger partial charge in [-0.25, -0.2) is 4.68 Å². The fourth-order valence-corrected chi connectivity index (χ4v) is 3.61. The number of benzene rings is 3. The van der Waals surface area contributed by atoms with Crippen molar-refractivity contribution >= 4 is 17.7 Å². The first-order valence-electron chi connectivity index (χ1n) is 11.1. The lowest BCUT2D eigenvalue weighted by Gasteiger charge is -2.08. The van der Waals surface area contributed by atoms with Crippen LogP contribution in [0.2, 0.25) is 0 Å². The molecule has 0 unspecified atom stereocenters. The standard InChI is InChI=1S/C27H25N5O3/c1-18-7-5-6-10-22(18)25-23(17-32(31-25)21-8-3-2-4-9-21)27(35)29-15-19-11-13-20(14-12-19)26(34)30-16-24(28)33/h2-14,17H,15-16H2,1H3,(H2,28,33)(H,29,35)(H,30,34). The number of carbonyl (C=O) groups is 3.